The van der Waals surface area contributed by atoms with Gasteiger partial charge in [-0.2, -0.15) is 0 Å². The topological polar surface area (TPSA) is 43.5 Å². The lowest BCUT2D eigenvalue weighted by atomic mass is 9.88. The number of hydrogen-bond donors (Lipinski definition) is 0. The molecular weight excluding hydrogens is 496 g/mol. The summed E-state index contributed by atoms with van der Waals surface area (Å²) >= 11 is 0. The summed E-state index contributed by atoms with van der Waals surface area (Å²) in [5.74, 6) is 3.91. The van der Waals surface area contributed by atoms with Gasteiger partial charge < -0.3 is 18.9 Å². The lowest BCUT2D eigenvalue weighted by Crippen LogP contribution is -2.09. The molecule has 4 heteroatoms. The van der Waals surface area contributed by atoms with E-state index in [0.717, 1.165) is 76.5 Å². The first kappa shape index (κ1) is 30.9. The molecule has 0 amide bonds. The second-order valence-corrected chi connectivity index (χ2v) is 13.2. The van der Waals surface area contributed by atoms with E-state index >= 15 is 0 Å². The van der Waals surface area contributed by atoms with Crippen molar-refractivity contribution in [2.75, 3.05) is 26.4 Å². The number of epoxide rings is 2. The Morgan fingerprint density at radius 1 is 0.575 bits per heavy atom. The van der Waals surface area contributed by atoms with E-state index in [1.54, 1.807) is 0 Å². The number of aryl methyl sites for hydroxylation is 2. The fourth-order valence-corrected chi connectivity index (χ4v) is 5.54. The highest BCUT2D eigenvalue weighted by molar-refractivity contribution is 5.50. The molecule has 0 aromatic heterocycles. The molecule has 0 saturated carbocycles. The fraction of sp³-hybridized carbons (Fsp3) is 0.667. The predicted octanol–water partition coefficient (Wildman–Crippen LogP) is 9.08. The van der Waals surface area contributed by atoms with Gasteiger partial charge in [0.2, 0.25) is 0 Å². The molecular formula is C36H54O4. The summed E-state index contributed by atoms with van der Waals surface area (Å²) in [4.78, 5) is 0. The summed E-state index contributed by atoms with van der Waals surface area (Å²) in [5, 5.41) is 0. The average molecular weight is 551 g/mol. The van der Waals surface area contributed by atoms with Crippen LogP contribution >= 0.6 is 0 Å². The molecule has 0 N–H and O–H groups in total. The lowest BCUT2D eigenvalue weighted by Gasteiger charge is -2.23. The van der Waals surface area contributed by atoms with Crippen molar-refractivity contribution in [1.29, 1.82) is 0 Å². The van der Waals surface area contributed by atoms with Crippen LogP contribution in [0.1, 0.15) is 138 Å². The fourth-order valence-electron chi connectivity index (χ4n) is 5.54. The van der Waals surface area contributed by atoms with Crippen molar-refractivity contribution >= 4 is 0 Å². The minimum Gasteiger partial charge on any atom is -0.493 e. The Morgan fingerprint density at radius 3 is 1.12 bits per heavy atom. The predicted molar refractivity (Wildman–Crippen MR) is 166 cm³/mol. The van der Waals surface area contributed by atoms with Crippen LogP contribution in [0.5, 0.6) is 11.5 Å². The van der Waals surface area contributed by atoms with Crippen LogP contribution in [0.25, 0.3) is 0 Å². The molecule has 4 nitrogen and oxygen atoms in total. The summed E-state index contributed by atoms with van der Waals surface area (Å²) in [6.45, 7) is 21.7. The molecule has 0 radical (unpaired) electrons. The van der Waals surface area contributed by atoms with Gasteiger partial charge in [-0.05, 0) is 95.6 Å². The minimum absolute atomic E-state index is 0.419. The normalized spacial score (nSPS) is 18.3. The Kier molecular flexibility index (Phi) is 11.0. The third-order valence-electron chi connectivity index (χ3n) is 8.24. The minimum atomic E-state index is 0.419. The molecule has 0 aliphatic carbocycles. The first-order chi connectivity index (χ1) is 19.1. The molecule has 0 spiro atoms. The van der Waals surface area contributed by atoms with Gasteiger partial charge in [0.05, 0.1) is 38.6 Å². The quantitative estimate of drug-likeness (QED) is 0.146. The van der Waals surface area contributed by atoms with Crippen molar-refractivity contribution < 1.29 is 18.9 Å². The Labute approximate surface area is 244 Å². The summed E-state index contributed by atoms with van der Waals surface area (Å²) in [7, 11) is 0. The summed E-state index contributed by atoms with van der Waals surface area (Å²) in [5.41, 5.74) is 8.19. The molecule has 2 saturated heterocycles. The smallest absolute Gasteiger partial charge is 0.126 e. The molecule has 2 aliphatic heterocycles. The molecule has 2 heterocycles. The highest BCUT2D eigenvalue weighted by Crippen LogP contribution is 2.39. The summed E-state index contributed by atoms with van der Waals surface area (Å²) in [6.07, 6.45) is 7.28. The van der Waals surface area contributed by atoms with Crippen molar-refractivity contribution in [3.63, 3.8) is 0 Å². The van der Waals surface area contributed by atoms with Crippen molar-refractivity contribution in [1.82, 2.24) is 0 Å². The van der Waals surface area contributed by atoms with Gasteiger partial charge in [-0.25, -0.2) is 0 Å². The van der Waals surface area contributed by atoms with Crippen LogP contribution < -0.4 is 9.47 Å². The molecule has 2 aliphatic rings. The molecule has 2 fully saturated rings. The first-order valence-corrected chi connectivity index (χ1v) is 16.0. The van der Waals surface area contributed by atoms with Crippen LogP contribution in [-0.4, -0.2) is 38.6 Å². The molecule has 4 rings (SSSR count). The van der Waals surface area contributed by atoms with Crippen molar-refractivity contribution in [3.05, 3.63) is 57.6 Å². The van der Waals surface area contributed by atoms with Crippen LogP contribution in [-0.2, 0) is 22.3 Å². The molecule has 0 bridgehead atoms. The van der Waals surface area contributed by atoms with Crippen molar-refractivity contribution in [2.45, 2.75) is 130 Å². The molecule has 2 atom stereocenters. The van der Waals surface area contributed by atoms with Crippen LogP contribution in [0.15, 0.2) is 24.3 Å². The third kappa shape index (κ3) is 8.73. The highest BCUT2D eigenvalue weighted by Gasteiger charge is 2.24. The van der Waals surface area contributed by atoms with Gasteiger partial charge in [0.1, 0.15) is 11.5 Å². The SMILES string of the molecule is CC(C)c1cc(CCc2cc(C(C)C)c(OCCCC3CO3)c(C(C)C)c2)cc(C(C)C)c1OCCCC1CO1. The zero-order valence-electron chi connectivity index (χ0n) is 26.5. The average Bonchev–Trinajstić information content (AvgIpc) is 3.83. The van der Waals surface area contributed by atoms with Crippen LogP contribution in [0.4, 0.5) is 0 Å². The van der Waals surface area contributed by atoms with Gasteiger partial charge in [0.15, 0.2) is 0 Å². The van der Waals surface area contributed by atoms with Crippen molar-refractivity contribution in [2.24, 2.45) is 0 Å². The molecule has 2 aromatic carbocycles. The summed E-state index contributed by atoms with van der Waals surface area (Å²) < 4.78 is 23.7. The maximum atomic E-state index is 6.46. The Hall–Kier alpha value is -2.04. The maximum Gasteiger partial charge on any atom is 0.126 e. The van der Waals surface area contributed by atoms with E-state index in [9.17, 15) is 0 Å². The molecule has 2 unspecified atom stereocenters. The van der Waals surface area contributed by atoms with Gasteiger partial charge >= 0.3 is 0 Å². The van der Waals surface area contributed by atoms with E-state index in [2.05, 4.69) is 79.7 Å². The molecule has 2 aromatic rings. The van der Waals surface area contributed by atoms with Crippen LogP contribution in [0.3, 0.4) is 0 Å². The number of benzene rings is 2. The van der Waals surface area contributed by atoms with E-state index < -0.39 is 0 Å². The molecule has 40 heavy (non-hydrogen) atoms. The Balaban J connectivity index is 1.51. The zero-order chi connectivity index (χ0) is 28.8. The maximum absolute atomic E-state index is 6.46. The number of ether oxygens (including phenoxy) is 4. The standard InChI is InChI=1S/C36H54O4/c1-23(2)31-17-27(18-32(24(3)4)35(31)37-15-9-11-29-21-39-29)13-14-28-19-33(25(5)6)36(34(20-28)26(7)8)38-16-10-12-30-22-40-30/h17-20,23-26,29-30H,9-16,21-22H2,1-8H3. The van der Waals surface area contributed by atoms with E-state index in [-0.39, 0.29) is 0 Å². The van der Waals surface area contributed by atoms with Gasteiger partial charge in [0.25, 0.3) is 0 Å². The highest BCUT2D eigenvalue weighted by atomic mass is 16.6. The van der Waals surface area contributed by atoms with Crippen molar-refractivity contribution in [3.8, 4) is 11.5 Å². The summed E-state index contributed by atoms with van der Waals surface area (Å²) in [6, 6.07) is 9.63. The van der Waals surface area contributed by atoms with E-state index in [1.807, 2.05) is 0 Å². The largest absolute Gasteiger partial charge is 0.493 e. The van der Waals surface area contributed by atoms with E-state index in [1.165, 1.54) is 33.4 Å². The molecule has 222 valence electrons. The Bertz CT molecular complexity index is 946. The van der Waals surface area contributed by atoms with E-state index in [0.29, 0.717) is 35.9 Å². The lowest BCUT2D eigenvalue weighted by molar-refractivity contribution is 0.287. The van der Waals surface area contributed by atoms with Gasteiger partial charge in [-0.1, -0.05) is 79.7 Å². The second-order valence-electron chi connectivity index (χ2n) is 13.2. The van der Waals surface area contributed by atoms with Crippen LogP contribution in [0.2, 0.25) is 0 Å². The third-order valence-corrected chi connectivity index (χ3v) is 8.24. The van der Waals surface area contributed by atoms with Gasteiger partial charge in [0, 0.05) is 0 Å². The zero-order valence-corrected chi connectivity index (χ0v) is 26.5. The number of rotatable bonds is 17. The van der Waals surface area contributed by atoms with Gasteiger partial charge in [-0.3, -0.25) is 0 Å². The first-order valence-electron chi connectivity index (χ1n) is 16.0. The van der Waals surface area contributed by atoms with Gasteiger partial charge in [-0.15, -0.1) is 0 Å². The van der Waals surface area contributed by atoms with Crippen LogP contribution in [0, 0.1) is 0 Å². The Morgan fingerprint density at radius 2 is 0.875 bits per heavy atom. The second kappa shape index (κ2) is 14.2. The monoisotopic (exact) mass is 550 g/mol. The van der Waals surface area contributed by atoms with E-state index in [4.69, 9.17) is 18.9 Å². The number of hydrogen-bond acceptors (Lipinski definition) is 4.